The molecule has 4 nitrogen and oxygen atoms in total. The summed E-state index contributed by atoms with van der Waals surface area (Å²) in [7, 11) is 0. The number of ether oxygens (including phenoxy) is 1. The van der Waals surface area contributed by atoms with Gasteiger partial charge < -0.3 is 14.6 Å². The highest BCUT2D eigenvalue weighted by Gasteiger charge is 2.15. The van der Waals surface area contributed by atoms with E-state index >= 15 is 0 Å². The van der Waals surface area contributed by atoms with Crippen molar-refractivity contribution in [3.05, 3.63) is 53.3 Å². The number of nitrogens with zero attached hydrogens (tertiary/aromatic N) is 1. The van der Waals surface area contributed by atoms with Crippen molar-refractivity contribution in [3.63, 3.8) is 0 Å². The Bertz CT molecular complexity index is 629. The summed E-state index contributed by atoms with van der Waals surface area (Å²) < 4.78 is 7.42. The number of aromatic nitrogens is 1. The van der Waals surface area contributed by atoms with Crippen molar-refractivity contribution < 1.29 is 9.53 Å². The van der Waals surface area contributed by atoms with Crippen LogP contribution in [-0.4, -0.2) is 16.3 Å². The number of aryl methyl sites for hydroxylation is 2. The molecule has 0 aliphatic heterocycles. The van der Waals surface area contributed by atoms with Crippen LogP contribution in [0.2, 0.25) is 0 Å². The predicted octanol–water partition coefficient (Wildman–Crippen LogP) is 4.12. The molecule has 0 fully saturated rings. The summed E-state index contributed by atoms with van der Waals surface area (Å²) >= 11 is 0. The van der Waals surface area contributed by atoms with E-state index in [1.54, 1.807) is 0 Å². The molecule has 22 heavy (non-hydrogen) atoms. The van der Waals surface area contributed by atoms with Gasteiger partial charge in [-0.1, -0.05) is 12.1 Å². The molecule has 2 rings (SSSR count). The van der Waals surface area contributed by atoms with E-state index in [4.69, 9.17) is 4.74 Å². The van der Waals surface area contributed by atoms with Crippen LogP contribution in [0.25, 0.3) is 5.69 Å². The molecular weight excluding hydrogens is 276 g/mol. The van der Waals surface area contributed by atoms with E-state index in [1.807, 2.05) is 32.9 Å². The normalized spacial score (nSPS) is 11.3. The molecule has 0 spiro atoms. The highest BCUT2D eigenvalue weighted by atomic mass is 16.6. The van der Waals surface area contributed by atoms with E-state index in [0.717, 1.165) is 11.3 Å². The van der Waals surface area contributed by atoms with Crippen LogP contribution in [0.5, 0.6) is 0 Å². The molecule has 1 aromatic heterocycles. The fraction of sp³-hybridized carbons (Fsp3) is 0.389. The Balaban J connectivity index is 2.00. The lowest BCUT2D eigenvalue weighted by molar-refractivity contribution is 0.0523. The van der Waals surface area contributed by atoms with Gasteiger partial charge in [-0.05, 0) is 64.4 Å². The molecule has 0 aliphatic carbocycles. The second-order valence-corrected chi connectivity index (χ2v) is 6.47. The Hall–Kier alpha value is -2.23. The lowest BCUT2D eigenvalue weighted by atomic mass is 10.2. The van der Waals surface area contributed by atoms with Gasteiger partial charge in [0.15, 0.2) is 0 Å². The number of hydrogen-bond donors (Lipinski definition) is 1. The van der Waals surface area contributed by atoms with Crippen molar-refractivity contribution in [2.75, 3.05) is 0 Å². The standard InChI is InChI=1S/C18H24N2O2/c1-13-6-7-14(2)20(13)16-10-8-15(9-11-16)12-19-17(21)22-18(3,4)5/h6-11H,12H2,1-5H3,(H,19,21). The van der Waals surface area contributed by atoms with E-state index in [1.165, 1.54) is 11.4 Å². The average Bonchev–Trinajstić information content (AvgIpc) is 2.75. The second kappa shape index (κ2) is 6.26. The van der Waals surface area contributed by atoms with Gasteiger partial charge >= 0.3 is 6.09 Å². The Morgan fingerprint density at radius 1 is 1.05 bits per heavy atom. The smallest absolute Gasteiger partial charge is 0.407 e. The number of rotatable bonds is 3. The van der Waals surface area contributed by atoms with Gasteiger partial charge in [0.05, 0.1) is 0 Å². The summed E-state index contributed by atoms with van der Waals surface area (Å²) in [4.78, 5) is 11.6. The van der Waals surface area contributed by atoms with Gasteiger partial charge in [-0.3, -0.25) is 0 Å². The van der Waals surface area contributed by atoms with Gasteiger partial charge in [-0.25, -0.2) is 4.79 Å². The number of hydrogen-bond acceptors (Lipinski definition) is 2. The third-order valence-corrected chi connectivity index (χ3v) is 3.30. The van der Waals surface area contributed by atoms with Crippen LogP contribution in [0.3, 0.4) is 0 Å². The minimum Gasteiger partial charge on any atom is -0.444 e. The Morgan fingerprint density at radius 3 is 2.09 bits per heavy atom. The van der Waals surface area contributed by atoms with Crippen LogP contribution in [0, 0.1) is 13.8 Å². The number of carbonyl (C=O) groups excluding carboxylic acids is 1. The zero-order chi connectivity index (χ0) is 16.3. The van der Waals surface area contributed by atoms with Crippen molar-refractivity contribution in [1.82, 2.24) is 9.88 Å². The van der Waals surface area contributed by atoms with Crippen molar-refractivity contribution in [1.29, 1.82) is 0 Å². The molecule has 0 aliphatic rings. The lowest BCUT2D eigenvalue weighted by Gasteiger charge is -2.19. The third-order valence-electron chi connectivity index (χ3n) is 3.30. The first-order valence-corrected chi connectivity index (χ1v) is 7.47. The fourth-order valence-corrected chi connectivity index (χ4v) is 2.33. The van der Waals surface area contributed by atoms with Gasteiger partial charge in [0.2, 0.25) is 0 Å². The van der Waals surface area contributed by atoms with Crippen LogP contribution < -0.4 is 5.32 Å². The number of carbonyl (C=O) groups is 1. The summed E-state index contributed by atoms with van der Waals surface area (Å²) in [6.07, 6.45) is -0.395. The maximum Gasteiger partial charge on any atom is 0.407 e. The predicted molar refractivity (Wildman–Crippen MR) is 88.3 cm³/mol. The van der Waals surface area contributed by atoms with Crippen molar-refractivity contribution in [2.45, 2.75) is 46.8 Å². The lowest BCUT2D eigenvalue weighted by Crippen LogP contribution is -2.32. The zero-order valence-corrected chi connectivity index (χ0v) is 13.9. The number of amides is 1. The molecule has 1 N–H and O–H groups in total. The number of benzene rings is 1. The van der Waals surface area contributed by atoms with Crippen LogP contribution in [0.1, 0.15) is 37.7 Å². The molecule has 2 aromatic rings. The van der Waals surface area contributed by atoms with Crippen molar-refractivity contribution in [3.8, 4) is 5.69 Å². The van der Waals surface area contributed by atoms with Crippen LogP contribution >= 0.6 is 0 Å². The summed E-state index contributed by atoms with van der Waals surface area (Å²) in [5.41, 5.74) is 4.10. The Kier molecular flexibility index (Phi) is 4.59. The topological polar surface area (TPSA) is 43.3 Å². The van der Waals surface area contributed by atoms with Crippen molar-refractivity contribution in [2.24, 2.45) is 0 Å². The largest absolute Gasteiger partial charge is 0.444 e. The molecule has 4 heteroatoms. The first kappa shape index (κ1) is 16.1. The van der Waals surface area contributed by atoms with Crippen molar-refractivity contribution >= 4 is 6.09 Å². The molecule has 0 radical (unpaired) electrons. The van der Waals surface area contributed by atoms with E-state index in [0.29, 0.717) is 6.54 Å². The summed E-state index contributed by atoms with van der Waals surface area (Å²) in [5, 5.41) is 2.76. The van der Waals surface area contributed by atoms with Crippen LogP contribution in [-0.2, 0) is 11.3 Å². The maximum atomic E-state index is 11.6. The minimum atomic E-state index is -0.475. The van der Waals surface area contributed by atoms with Crippen LogP contribution in [0.4, 0.5) is 4.79 Å². The van der Waals surface area contributed by atoms with E-state index in [-0.39, 0.29) is 0 Å². The summed E-state index contributed by atoms with van der Waals surface area (Å²) in [6, 6.07) is 12.4. The van der Waals surface area contributed by atoms with Gasteiger partial charge in [-0.2, -0.15) is 0 Å². The molecule has 0 bridgehead atoms. The Morgan fingerprint density at radius 2 is 1.59 bits per heavy atom. The number of alkyl carbamates (subject to hydrolysis) is 1. The molecule has 118 valence electrons. The average molecular weight is 300 g/mol. The first-order chi connectivity index (χ1) is 10.3. The van der Waals surface area contributed by atoms with E-state index in [2.05, 4.69) is 48.0 Å². The van der Waals surface area contributed by atoms with Crippen LogP contribution in [0.15, 0.2) is 36.4 Å². The molecular formula is C18H24N2O2. The maximum absolute atomic E-state index is 11.6. The molecule has 0 unspecified atom stereocenters. The summed E-state index contributed by atoms with van der Waals surface area (Å²) in [5.74, 6) is 0. The number of nitrogens with one attached hydrogen (secondary N) is 1. The van der Waals surface area contributed by atoms with Gasteiger partial charge in [0, 0.05) is 23.6 Å². The monoisotopic (exact) mass is 300 g/mol. The molecule has 1 aromatic carbocycles. The second-order valence-electron chi connectivity index (χ2n) is 6.47. The Labute approximate surface area is 132 Å². The summed E-state index contributed by atoms with van der Waals surface area (Å²) in [6.45, 7) is 10.2. The van der Waals surface area contributed by atoms with E-state index in [9.17, 15) is 4.79 Å². The van der Waals surface area contributed by atoms with Gasteiger partial charge in [0.25, 0.3) is 0 Å². The minimum absolute atomic E-state index is 0.395. The molecule has 1 amide bonds. The highest BCUT2D eigenvalue weighted by molar-refractivity contribution is 5.67. The fourth-order valence-electron chi connectivity index (χ4n) is 2.33. The molecule has 0 saturated heterocycles. The quantitative estimate of drug-likeness (QED) is 0.926. The molecule has 1 heterocycles. The SMILES string of the molecule is Cc1ccc(C)n1-c1ccc(CNC(=O)OC(C)(C)C)cc1. The first-order valence-electron chi connectivity index (χ1n) is 7.47. The van der Waals surface area contributed by atoms with Gasteiger partial charge in [-0.15, -0.1) is 0 Å². The highest BCUT2D eigenvalue weighted by Crippen LogP contribution is 2.17. The van der Waals surface area contributed by atoms with Gasteiger partial charge in [0.1, 0.15) is 5.60 Å². The molecule has 0 saturated carbocycles. The molecule has 0 atom stereocenters. The van der Waals surface area contributed by atoms with E-state index < -0.39 is 11.7 Å². The zero-order valence-electron chi connectivity index (χ0n) is 13.9. The third kappa shape index (κ3) is 4.13.